The lowest BCUT2D eigenvalue weighted by atomic mass is 10.4. The molecule has 0 spiro atoms. The van der Waals surface area contributed by atoms with Crippen LogP contribution in [0.4, 0.5) is 0 Å². The number of nitrogens with zero attached hydrogens (tertiary/aromatic N) is 3. The summed E-state index contributed by atoms with van der Waals surface area (Å²) in [4.78, 5) is 7.31. The molecule has 0 saturated heterocycles. The highest BCUT2D eigenvalue weighted by atomic mass is 35.5. The Labute approximate surface area is 106 Å². The van der Waals surface area contributed by atoms with Crippen LogP contribution >= 0.6 is 11.6 Å². The Kier molecular flexibility index (Phi) is 4.81. The van der Waals surface area contributed by atoms with Crippen LogP contribution in [0.5, 0.6) is 0 Å². The summed E-state index contributed by atoms with van der Waals surface area (Å²) in [5, 5.41) is 0.0107. The first-order chi connectivity index (χ1) is 7.89. The molecule has 0 saturated carbocycles. The van der Waals surface area contributed by atoms with Crippen molar-refractivity contribution in [1.82, 2.24) is 14.3 Å². The van der Waals surface area contributed by atoms with Gasteiger partial charge in [0, 0.05) is 20.2 Å². The van der Waals surface area contributed by atoms with Crippen LogP contribution in [-0.2, 0) is 14.8 Å². The van der Waals surface area contributed by atoms with E-state index >= 15 is 0 Å². The predicted molar refractivity (Wildman–Crippen MR) is 63.3 cm³/mol. The van der Waals surface area contributed by atoms with Gasteiger partial charge < -0.3 is 4.74 Å². The highest BCUT2D eigenvalue weighted by molar-refractivity contribution is 7.89. The van der Waals surface area contributed by atoms with Crippen LogP contribution in [0.15, 0.2) is 17.3 Å². The van der Waals surface area contributed by atoms with Gasteiger partial charge in [0.25, 0.3) is 0 Å². The second-order valence-electron chi connectivity index (χ2n) is 3.51. The van der Waals surface area contributed by atoms with Crippen molar-refractivity contribution in [1.29, 1.82) is 0 Å². The second-order valence-corrected chi connectivity index (χ2v) is 5.85. The molecule has 0 radical (unpaired) electrons. The summed E-state index contributed by atoms with van der Waals surface area (Å²) in [6.45, 7) is 2.06. The summed E-state index contributed by atoms with van der Waals surface area (Å²) < 4.78 is 30.3. The SMILES string of the molecule is COCC(C)N(C)S(=O)(=O)c1cnc(Cl)nc1. The van der Waals surface area contributed by atoms with Gasteiger partial charge in [0.1, 0.15) is 4.90 Å². The molecule has 1 rings (SSSR count). The maximum absolute atomic E-state index is 12.1. The number of sulfonamides is 1. The number of aromatic nitrogens is 2. The van der Waals surface area contributed by atoms with E-state index in [2.05, 4.69) is 9.97 Å². The molecule has 0 aliphatic carbocycles. The molecule has 0 aliphatic heterocycles. The zero-order valence-corrected chi connectivity index (χ0v) is 11.4. The van der Waals surface area contributed by atoms with Gasteiger partial charge in [0.2, 0.25) is 15.3 Å². The van der Waals surface area contributed by atoms with E-state index in [0.29, 0.717) is 6.61 Å². The van der Waals surface area contributed by atoms with Crippen LogP contribution in [0.25, 0.3) is 0 Å². The third kappa shape index (κ3) is 3.35. The van der Waals surface area contributed by atoms with Crippen molar-refractivity contribution in [3.8, 4) is 0 Å². The maximum Gasteiger partial charge on any atom is 0.246 e. The third-order valence-corrected chi connectivity index (χ3v) is 4.42. The van der Waals surface area contributed by atoms with E-state index in [1.165, 1.54) is 30.9 Å². The van der Waals surface area contributed by atoms with Gasteiger partial charge in [0.05, 0.1) is 19.0 Å². The fourth-order valence-corrected chi connectivity index (χ4v) is 2.52. The molecule has 0 bridgehead atoms. The normalized spacial score (nSPS) is 13.9. The van der Waals surface area contributed by atoms with Crippen molar-refractivity contribution in [2.24, 2.45) is 0 Å². The van der Waals surface area contributed by atoms with Gasteiger partial charge >= 0.3 is 0 Å². The van der Waals surface area contributed by atoms with E-state index in [1.807, 2.05) is 0 Å². The number of hydrogen-bond acceptors (Lipinski definition) is 5. The molecular formula is C9H14ClN3O3S. The Bertz CT molecular complexity index is 463. The fourth-order valence-electron chi connectivity index (χ4n) is 1.18. The van der Waals surface area contributed by atoms with Gasteiger partial charge in [-0.05, 0) is 18.5 Å². The zero-order chi connectivity index (χ0) is 13.1. The zero-order valence-electron chi connectivity index (χ0n) is 9.79. The lowest BCUT2D eigenvalue weighted by molar-refractivity contribution is 0.149. The van der Waals surface area contributed by atoms with Crippen molar-refractivity contribution >= 4 is 21.6 Å². The van der Waals surface area contributed by atoms with E-state index in [4.69, 9.17) is 16.3 Å². The Balaban J connectivity index is 2.98. The standard InChI is InChI=1S/C9H14ClN3O3S/c1-7(6-16-3)13(2)17(14,15)8-4-11-9(10)12-5-8/h4-5,7H,6H2,1-3H3. The molecule has 0 amide bonds. The minimum absolute atomic E-state index is 0.00681. The molecule has 0 aliphatic rings. The lowest BCUT2D eigenvalue weighted by Gasteiger charge is -2.23. The lowest BCUT2D eigenvalue weighted by Crippen LogP contribution is -2.37. The fraction of sp³-hybridized carbons (Fsp3) is 0.556. The number of likely N-dealkylation sites (N-methyl/N-ethyl adjacent to an activating group) is 1. The predicted octanol–water partition coefficient (Wildman–Crippen LogP) is 0.785. The summed E-state index contributed by atoms with van der Waals surface area (Å²) in [7, 11) is -0.611. The van der Waals surface area contributed by atoms with Crippen LogP contribution in [0.2, 0.25) is 5.28 Å². The molecule has 1 aromatic heterocycles. The van der Waals surface area contributed by atoms with Crippen LogP contribution in [0, 0.1) is 0 Å². The van der Waals surface area contributed by atoms with Crippen LogP contribution in [0.1, 0.15) is 6.92 Å². The molecule has 1 aromatic rings. The van der Waals surface area contributed by atoms with E-state index in [9.17, 15) is 8.42 Å². The number of methoxy groups -OCH3 is 1. The van der Waals surface area contributed by atoms with Crippen molar-refractivity contribution in [3.05, 3.63) is 17.7 Å². The number of ether oxygens (including phenoxy) is 1. The van der Waals surface area contributed by atoms with E-state index in [0.717, 1.165) is 0 Å². The summed E-state index contributed by atoms with van der Waals surface area (Å²) in [5.74, 6) is 0. The topological polar surface area (TPSA) is 72.4 Å². The number of hydrogen-bond donors (Lipinski definition) is 0. The van der Waals surface area contributed by atoms with Gasteiger partial charge in [-0.1, -0.05) is 0 Å². The number of halogens is 1. The van der Waals surface area contributed by atoms with Gasteiger partial charge in [-0.3, -0.25) is 0 Å². The van der Waals surface area contributed by atoms with E-state index in [1.54, 1.807) is 6.92 Å². The van der Waals surface area contributed by atoms with Crippen LogP contribution in [-0.4, -0.2) is 49.5 Å². The molecule has 0 fully saturated rings. The molecule has 0 aromatic carbocycles. The van der Waals surface area contributed by atoms with Gasteiger partial charge in [-0.2, -0.15) is 4.31 Å². The minimum Gasteiger partial charge on any atom is -0.383 e. The highest BCUT2D eigenvalue weighted by Crippen LogP contribution is 2.15. The summed E-state index contributed by atoms with van der Waals surface area (Å²) in [5.41, 5.74) is 0. The number of rotatable bonds is 5. The van der Waals surface area contributed by atoms with Crippen molar-refractivity contribution < 1.29 is 13.2 Å². The van der Waals surface area contributed by atoms with Gasteiger partial charge in [0.15, 0.2) is 0 Å². The third-order valence-electron chi connectivity index (χ3n) is 2.30. The Morgan fingerprint density at radius 2 is 2.00 bits per heavy atom. The molecule has 8 heteroatoms. The Morgan fingerprint density at radius 1 is 1.47 bits per heavy atom. The maximum atomic E-state index is 12.1. The second kappa shape index (κ2) is 5.72. The smallest absolute Gasteiger partial charge is 0.246 e. The molecule has 0 N–H and O–H groups in total. The monoisotopic (exact) mass is 279 g/mol. The summed E-state index contributed by atoms with van der Waals surface area (Å²) in [6, 6.07) is -0.277. The molecule has 17 heavy (non-hydrogen) atoms. The minimum atomic E-state index is -3.61. The molecule has 6 nitrogen and oxygen atoms in total. The Hall–Kier alpha value is -0.760. The van der Waals surface area contributed by atoms with Crippen molar-refractivity contribution in [2.45, 2.75) is 17.9 Å². The highest BCUT2D eigenvalue weighted by Gasteiger charge is 2.25. The van der Waals surface area contributed by atoms with Crippen LogP contribution in [0.3, 0.4) is 0 Å². The molecular weight excluding hydrogens is 266 g/mol. The van der Waals surface area contributed by atoms with E-state index < -0.39 is 10.0 Å². The molecule has 1 atom stereocenters. The average Bonchev–Trinajstić information content (AvgIpc) is 2.29. The Morgan fingerprint density at radius 3 is 2.47 bits per heavy atom. The van der Waals surface area contributed by atoms with Crippen LogP contribution < -0.4 is 0 Å². The summed E-state index contributed by atoms with van der Waals surface area (Å²) >= 11 is 5.50. The largest absolute Gasteiger partial charge is 0.383 e. The summed E-state index contributed by atoms with van der Waals surface area (Å²) in [6.07, 6.45) is 2.36. The molecule has 1 unspecified atom stereocenters. The van der Waals surface area contributed by atoms with Gasteiger partial charge in [-0.15, -0.1) is 0 Å². The first kappa shape index (κ1) is 14.3. The average molecular weight is 280 g/mol. The van der Waals surface area contributed by atoms with Gasteiger partial charge in [-0.25, -0.2) is 18.4 Å². The molecule has 96 valence electrons. The van der Waals surface area contributed by atoms with Crippen molar-refractivity contribution in [3.63, 3.8) is 0 Å². The first-order valence-electron chi connectivity index (χ1n) is 4.84. The first-order valence-corrected chi connectivity index (χ1v) is 6.66. The van der Waals surface area contributed by atoms with E-state index in [-0.39, 0.29) is 16.2 Å². The molecule has 1 heterocycles. The quantitative estimate of drug-likeness (QED) is 0.745. The van der Waals surface area contributed by atoms with Crippen molar-refractivity contribution in [2.75, 3.05) is 20.8 Å².